The van der Waals surface area contributed by atoms with Gasteiger partial charge in [-0.3, -0.25) is 9.52 Å². The van der Waals surface area contributed by atoms with Crippen molar-refractivity contribution >= 4 is 33.0 Å². The molecule has 7 heteroatoms. The molecule has 26 heavy (non-hydrogen) atoms. The van der Waals surface area contributed by atoms with Gasteiger partial charge >= 0.3 is 0 Å². The summed E-state index contributed by atoms with van der Waals surface area (Å²) in [5.41, 5.74) is 3.42. The van der Waals surface area contributed by atoms with Gasteiger partial charge in [-0.15, -0.1) is 0 Å². The summed E-state index contributed by atoms with van der Waals surface area (Å²) in [4.78, 5) is 14.8. The molecule has 6 nitrogen and oxygen atoms in total. The van der Waals surface area contributed by atoms with Crippen molar-refractivity contribution in [3.8, 4) is 0 Å². The van der Waals surface area contributed by atoms with Crippen LogP contribution in [0.4, 0.5) is 17.1 Å². The van der Waals surface area contributed by atoms with E-state index in [1.807, 2.05) is 24.3 Å². The van der Waals surface area contributed by atoms with Gasteiger partial charge in [0, 0.05) is 30.0 Å². The van der Waals surface area contributed by atoms with Crippen molar-refractivity contribution in [3.63, 3.8) is 0 Å². The number of benzene rings is 2. The van der Waals surface area contributed by atoms with E-state index in [-0.39, 0.29) is 5.91 Å². The largest absolute Gasteiger partial charge is 0.372 e. The Hall–Kier alpha value is -2.54. The second kappa shape index (κ2) is 7.37. The lowest BCUT2D eigenvalue weighted by Gasteiger charge is -2.18. The highest BCUT2D eigenvalue weighted by molar-refractivity contribution is 7.92. The van der Waals surface area contributed by atoms with Gasteiger partial charge in [0.05, 0.1) is 11.9 Å². The van der Waals surface area contributed by atoms with Gasteiger partial charge < -0.3 is 10.2 Å². The molecule has 1 heterocycles. The van der Waals surface area contributed by atoms with Crippen LogP contribution in [0.5, 0.6) is 0 Å². The van der Waals surface area contributed by atoms with Crippen LogP contribution in [0, 0.1) is 6.92 Å². The SMILES string of the molecule is Cc1ccc(C(=O)Nc2ccc(N3CCCC3)cc2)cc1NS(C)(=O)=O. The molecule has 0 saturated carbocycles. The van der Waals surface area contributed by atoms with Crippen molar-refractivity contribution in [1.82, 2.24) is 0 Å². The van der Waals surface area contributed by atoms with Gasteiger partial charge in [-0.1, -0.05) is 6.07 Å². The Morgan fingerprint density at radius 3 is 2.31 bits per heavy atom. The zero-order valence-corrected chi connectivity index (χ0v) is 15.8. The number of hydrogen-bond donors (Lipinski definition) is 2. The Labute approximate surface area is 154 Å². The van der Waals surface area contributed by atoms with E-state index in [0.717, 1.165) is 30.6 Å². The Morgan fingerprint density at radius 2 is 1.69 bits per heavy atom. The number of hydrogen-bond acceptors (Lipinski definition) is 4. The fourth-order valence-corrected chi connectivity index (χ4v) is 3.63. The summed E-state index contributed by atoms with van der Waals surface area (Å²) in [6.07, 6.45) is 3.52. The Morgan fingerprint density at radius 1 is 1.04 bits per heavy atom. The molecular weight excluding hydrogens is 350 g/mol. The molecular formula is C19H23N3O3S. The van der Waals surface area contributed by atoms with Crippen LogP contribution in [0.25, 0.3) is 0 Å². The van der Waals surface area contributed by atoms with Gasteiger partial charge in [-0.25, -0.2) is 8.42 Å². The highest BCUT2D eigenvalue weighted by Gasteiger charge is 2.13. The second-order valence-corrected chi connectivity index (χ2v) is 8.35. The number of carbonyl (C=O) groups is 1. The molecule has 1 aliphatic heterocycles. The van der Waals surface area contributed by atoms with Crippen LogP contribution in [0.2, 0.25) is 0 Å². The molecule has 3 rings (SSSR count). The molecule has 0 bridgehead atoms. The molecule has 1 fully saturated rings. The van der Waals surface area contributed by atoms with E-state index in [1.165, 1.54) is 12.8 Å². The molecule has 2 N–H and O–H groups in total. The number of nitrogens with one attached hydrogen (secondary N) is 2. The number of sulfonamides is 1. The summed E-state index contributed by atoms with van der Waals surface area (Å²) in [6.45, 7) is 3.93. The molecule has 138 valence electrons. The van der Waals surface area contributed by atoms with Gasteiger partial charge in [0.2, 0.25) is 10.0 Å². The van der Waals surface area contributed by atoms with Crippen LogP contribution in [0.3, 0.4) is 0 Å². The van der Waals surface area contributed by atoms with Crippen molar-refractivity contribution in [2.45, 2.75) is 19.8 Å². The minimum absolute atomic E-state index is 0.282. The Kier molecular flexibility index (Phi) is 5.18. The zero-order chi connectivity index (χ0) is 18.7. The number of nitrogens with zero attached hydrogens (tertiary/aromatic N) is 1. The lowest BCUT2D eigenvalue weighted by atomic mass is 10.1. The van der Waals surface area contributed by atoms with Gasteiger partial charge in [0.25, 0.3) is 5.91 Å². The van der Waals surface area contributed by atoms with Gasteiger partial charge in [-0.05, 0) is 61.7 Å². The summed E-state index contributed by atoms with van der Waals surface area (Å²) >= 11 is 0. The van der Waals surface area contributed by atoms with Crippen LogP contribution < -0.4 is 14.9 Å². The maximum atomic E-state index is 12.5. The molecule has 2 aromatic rings. The Balaban J connectivity index is 1.72. The average Bonchev–Trinajstić information content (AvgIpc) is 3.11. The summed E-state index contributed by atoms with van der Waals surface area (Å²) in [6, 6.07) is 12.7. The predicted molar refractivity (Wildman–Crippen MR) is 105 cm³/mol. The van der Waals surface area contributed by atoms with E-state index in [0.29, 0.717) is 16.9 Å². The zero-order valence-electron chi connectivity index (χ0n) is 15.0. The minimum Gasteiger partial charge on any atom is -0.372 e. The number of anilines is 3. The van der Waals surface area contributed by atoms with Gasteiger partial charge in [0.1, 0.15) is 0 Å². The smallest absolute Gasteiger partial charge is 0.255 e. The van der Waals surface area contributed by atoms with Crippen molar-refractivity contribution in [3.05, 3.63) is 53.6 Å². The molecule has 0 atom stereocenters. The molecule has 0 spiro atoms. The lowest BCUT2D eigenvalue weighted by molar-refractivity contribution is 0.102. The second-order valence-electron chi connectivity index (χ2n) is 6.60. The van der Waals surface area contributed by atoms with Crippen LogP contribution in [0.15, 0.2) is 42.5 Å². The van der Waals surface area contributed by atoms with Crippen molar-refractivity contribution in [2.24, 2.45) is 0 Å². The van der Waals surface area contributed by atoms with E-state index >= 15 is 0 Å². The molecule has 0 unspecified atom stereocenters. The van der Waals surface area contributed by atoms with Crippen LogP contribution in [-0.2, 0) is 10.0 Å². The van der Waals surface area contributed by atoms with Crippen LogP contribution in [-0.4, -0.2) is 33.7 Å². The lowest BCUT2D eigenvalue weighted by Crippen LogP contribution is -2.17. The number of carbonyl (C=O) groups excluding carboxylic acids is 1. The standard InChI is InChI=1S/C19H23N3O3S/c1-14-5-6-15(13-18(14)21-26(2,24)25)19(23)20-16-7-9-17(10-8-16)22-11-3-4-12-22/h5-10,13,21H,3-4,11-12H2,1-2H3,(H,20,23). The van der Waals surface area contributed by atoms with E-state index in [4.69, 9.17) is 0 Å². The van der Waals surface area contributed by atoms with Crippen molar-refractivity contribution in [2.75, 3.05) is 34.3 Å². The maximum absolute atomic E-state index is 12.5. The normalized spacial score (nSPS) is 14.3. The highest BCUT2D eigenvalue weighted by Crippen LogP contribution is 2.23. The number of rotatable bonds is 5. The molecule has 1 amide bonds. The van der Waals surface area contributed by atoms with Crippen LogP contribution >= 0.6 is 0 Å². The number of amides is 1. The number of aryl methyl sites for hydroxylation is 1. The summed E-state index contributed by atoms with van der Waals surface area (Å²) in [5, 5.41) is 2.85. The topological polar surface area (TPSA) is 78.5 Å². The fourth-order valence-electron chi connectivity index (χ4n) is 3.01. The first-order valence-corrected chi connectivity index (χ1v) is 10.5. The average molecular weight is 373 g/mol. The quantitative estimate of drug-likeness (QED) is 0.843. The third kappa shape index (κ3) is 4.54. The monoisotopic (exact) mass is 373 g/mol. The molecule has 1 aliphatic rings. The minimum atomic E-state index is -3.40. The molecule has 0 aliphatic carbocycles. The Bertz CT molecular complexity index is 902. The van der Waals surface area contributed by atoms with Crippen molar-refractivity contribution in [1.29, 1.82) is 0 Å². The first kappa shape index (κ1) is 18.3. The summed E-state index contributed by atoms with van der Waals surface area (Å²) in [7, 11) is -3.40. The fraction of sp³-hybridized carbons (Fsp3) is 0.316. The molecule has 2 aromatic carbocycles. The van der Waals surface area contributed by atoms with E-state index < -0.39 is 10.0 Å². The van der Waals surface area contributed by atoms with Crippen LogP contribution in [0.1, 0.15) is 28.8 Å². The van der Waals surface area contributed by atoms with Gasteiger partial charge in [0.15, 0.2) is 0 Å². The van der Waals surface area contributed by atoms with Crippen molar-refractivity contribution < 1.29 is 13.2 Å². The summed E-state index contributed by atoms with van der Waals surface area (Å²) in [5.74, 6) is -0.282. The predicted octanol–water partition coefficient (Wildman–Crippen LogP) is 3.22. The molecule has 0 radical (unpaired) electrons. The maximum Gasteiger partial charge on any atom is 0.255 e. The summed E-state index contributed by atoms with van der Waals surface area (Å²) < 4.78 is 25.3. The third-order valence-corrected chi connectivity index (χ3v) is 4.98. The van der Waals surface area contributed by atoms with Gasteiger partial charge in [-0.2, -0.15) is 0 Å². The third-order valence-electron chi connectivity index (χ3n) is 4.39. The first-order valence-electron chi connectivity index (χ1n) is 8.57. The highest BCUT2D eigenvalue weighted by atomic mass is 32.2. The van der Waals surface area contributed by atoms with E-state index in [1.54, 1.807) is 25.1 Å². The van der Waals surface area contributed by atoms with E-state index in [9.17, 15) is 13.2 Å². The molecule has 1 saturated heterocycles. The molecule has 0 aromatic heterocycles. The first-order chi connectivity index (χ1) is 12.3. The van der Waals surface area contributed by atoms with E-state index in [2.05, 4.69) is 14.9 Å².